The molecule has 2 atom stereocenters. The number of benzene rings is 1. The van der Waals surface area contributed by atoms with Crippen LogP contribution >= 0.6 is 0 Å². The minimum atomic E-state index is -1.94. The van der Waals surface area contributed by atoms with Gasteiger partial charge in [0.2, 0.25) is 0 Å². The second-order valence-corrected chi connectivity index (χ2v) is 13.9. The van der Waals surface area contributed by atoms with Crippen LogP contribution in [0.2, 0.25) is 18.1 Å². The summed E-state index contributed by atoms with van der Waals surface area (Å²) in [5, 5.41) is 0.114. The van der Waals surface area contributed by atoms with Crippen molar-refractivity contribution in [3.63, 3.8) is 0 Å². The predicted molar refractivity (Wildman–Crippen MR) is 124 cm³/mol. The fourth-order valence-corrected chi connectivity index (χ4v) is 4.07. The van der Waals surface area contributed by atoms with Crippen LogP contribution in [0.15, 0.2) is 36.4 Å². The minimum absolute atomic E-state index is 0.0116. The van der Waals surface area contributed by atoms with Crippen LogP contribution in [0.25, 0.3) is 0 Å². The van der Waals surface area contributed by atoms with Crippen molar-refractivity contribution in [3.8, 4) is 5.75 Å². The Morgan fingerprint density at radius 2 is 1.80 bits per heavy atom. The maximum atomic E-state index is 11.6. The van der Waals surface area contributed by atoms with Gasteiger partial charge in [0.15, 0.2) is 8.32 Å². The van der Waals surface area contributed by atoms with Crippen LogP contribution in [0, 0.1) is 0 Å². The van der Waals surface area contributed by atoms with Crippen molar-refractivity contribution in [2.24, 2.45) is 0 Å². The monoisotopic (exact) mass is 436 g/mol. The van der Waals surface area contributed by atoms with Gasteiger partial charge >= 0.3 is 5.97 Å². The lowest BCUT2D eigenvalue weighted by Gasteiger charge is -2.39. The molecule has 0 heterocycles. The summed E-state index contributed by atoms with van der Waals surface area (Å²) in [5.74, 6) is 0.524. The summed E-state index contributed by atoms with van der Waals surface area (Å²) in [4.78, 5) is 11.6. The molecule has 0 saturated heterocycles. The van der Waals surface area contributed by atoms with Crippen molar-refractivity contribution in [2.75, 3.05) is 13.7 Å². The molecule has 0 aliphatic rings. The molecule has 1 aromatic rings. The Balaban J connectivity index is 2.72. The lowest BCUT2D eigenvalue weighted by atomic mass is 10.1. The fraction of sp³-hybridized carbons (Fsp3) is 0.625. The van der Waals surface area contributed by atoms with Crippen molar-refractivity contribution in [2.45, 2.75) is 84.4 Å². The number of carbonyl (C=O) groups is 1. The summed E-state index contributed by atoms with van der Waals surface area (Å²) in [5.41, 5.74) is 1.10. The third-order valence-electron chi connectivity index (χ3n) is 5.50. The molecule has 5 nitrogen and oxygen atoms in total. The van der Waals surface area contributed by atoms with Gasteiger partial charge in [0.1, 0.15) is 5.75 Å². The minimum Gasteiger partial charge on any atom is -0.497 e. The van der Waals surface area contributed by atoms with Crippen LogP contribution in [-0.2, 0) is 25.3 Å². The zero-order valence-electron chi connectivity index (χ0n) is 20.0. The average Bonchev–Trinajstić information content (AvgIpc) is 2.65. The van der Waals surface area contributed by atoms with E-state index in [0.717, 1.165) is 17.7 Å². The van der Waals surface area contributed by atoms with Crippen molar-refractivity contribution in [1.29, 1.82) is 0 Å². The van der Waals surface area contributed by atoms with Gasteiger partial charge in [-0.2, -0.15) is 0 Å². The van der Waals surface area contributed by atoms with Crippen LogP contribution in [0.1, 0.15) is 53.0 Å². The Bertz CT molecular complexity index is 661. The van der Waals surface area contributed by atoms with Gasteiger partial charge in [-0.1, -0.05) is 39.0 Å². The Morgan fingerprint density at radius 3 is 2.33 bits per heavy atom. The number of hydrogen-bond acceptors (Lipinski definition) is 5. The molecule has 0 aromatic heterocycles. The van der Waals surface area contributed by atoms with Crippen LogP contribution in [0.3, 0.4) is 0 Å². The van der Waals surface area contributed by atoms with E-state index in [9.17, 15) is 4.79 Å². The second kappa shape index (κ2) is 12.3. The Labute approximate surface area is 183 Å². The normalized spacial score (nSPS) is 14.5. The van der Waals surface area contributed by atoms with Crippen molar-refractivity contribution < 1.29 is 23.4 Å². The standard InChI is InChI=1S/C24H40O5Si/c1-9-27-23(25)12-10-11-22(29-30(7,8)24(3,4)5)17-19(2)28-18-20-13-15-21(26-6)16-14-20/h10,12-16,19,22H,9,11,17-18H2,1-8H3/b12-10+/t19-,22+/m1/s1. The molecule has 170 valence electrons. The van der Waals surface area contributed by atoms with E-state index in [1.807, 2.05) is 30.3 Å². The second-order valence-electron chi connectivity index (χ2n) is 9.10. The number of esters is 1. The molecule has 0 aliphatic carbocycles. The molecule has 0 unspecified atom stereocenters. The topological polar surface area (TPSA) is 54.0 Å². The first-order valence-corrected chi connectivity index (χ1v) is 13.6. The molecule has 1 rings (SSSR count). The van der Waals surface area contributed by atoms with E-state index in [0.29, 0.717) is 19.6 Å². The van der Waals surface area contributed by atoms with E-state index in [-0.39, 0.29) is 23.2 Å². The zero-order valence-corrected chi connectivity index (χ0v) is 21.0. The third-order valence-corrected chi connectivity index (χ3v) is 10.0. The SMILES string of the molecule is CCOC(=O)/C=C/C[C@@H](C[C@@H](C)OCc1ccc(OC)cc1)O[Si](C)(C)C(C)(C)C. The summed E-state index contributed by atoms with van der Waals surface area (Å²) in [6.45, 7) is 16.0. The summed E-state index contributed by atoms with van der Waals surface area (Å²) >= 11 is 0. The third kappa shape index (κ3) is 9.45. The number of carbonyl (C=O) groups excluding carboxylic acids is 1. The molecule has 0 saturated carbocycles. The zero-order chi connectivity index (χ0) is 22.8. The van der Waals surface area contributed by atoms with Crippen molar-refractivity contribution >= 4 is 14.3 Å². The first-order valence-electron chi connectivity index (χ1n) is 10.7. The van der Waals surface area contributed by atoms with Crippen molar-refractivity contribution in [3.05, 3.63) is 42.0 Å². The van der Waals surface area contributed by atoms with Gasteiger partial charge in [-0.15, -0.1) is 0 Å². The average molecular weight is 437 g/mol. The van der Waals surface area contributed by atoms with Gasteiger partial charge in [-0.05, 0) is 62.5 Å². The van der Waals surface area contributed by atoms with Crippen LogP contribution in [0.4, 0.5) is 0 Å². The lowest BCUT2D eigenvalue weighted by Crippen LogP contribution is -2.44. The summed E-state index contributed by atoms with van der Waals surface area (Å²) in [6.07, 6.45) is 4.78. The van der Waals surface area contributed by atoms with Gasteiger partial charge in [0.05, 0.1) is 32.5 Å². The largest absolute Gasteiger partial charge is 0.497 e. The maximum Gasteiger partial charge on any atom is 0.330 e. The van der Waals surface area contributed by atoms with Gasteiger partial charge in [-0.25, -0.2) is 4.79 Å². The van der Waals surface area contributed by atoms with Crippen molar-refractivity contribution in [1.82, 2.24) is 0 Å². The van der Waals surface area contributed by atoms with E-state index in [1.165, 1.54) is 6.08 Å². The molecule has 0 N–H and O–H groups in total. The number of ether oxygens (including phenoxy) is 3. The van der Waals surface area contributed by atoms with Crippen LogP contribution < -0.4 is 4.74 Å². The van der Waals surface area contributed by atoms with Gasteiger partial charge in [0.25, 0.3) is 0 Å². The maximum absolute atomic E-state index is 11.6. The summed E-state index contributed by atoms with van der Waals surface area (Å²) < 4.78 is 22.9. The number of hydrogen-bond donors (Lipinski definition) is 0. The summed E-state index contributed by atoms with van der Waals surface area (Å²) in [7, 11) is -0.285. The molecule has 0 bridgehead atoms. The number of rotatable bonds is 12. The van der Waals surface area contributed by atoms with Crippen LogP contribution in [0.5, 0.6) is 5.75 Å². The molecule has 0 aliphatic heterocycles. The molecule has 1 aromatic carbocycles. The van der Waals surface area contributed by atoms with Crippen LogP contribution in [-0.4, -0.2) is 40.2 Å². The predicted octanol–water partition coefficient (Wildman–Crippen LogP) is 5.89. The Hall–Kier alpha value is -1.63. The molecular formula is C24H40O5Si. The fourth-order valence-electron chi connectivity index (χ4n) is 2.69. The molecule has 6 heteroatoms. The number of methoxy groups -OCH3 is 1. The summed E-state index contributed by atoms with van der Waals surface area (Å²) in [6, 6.07) is 7.90. The van der Waals surface area contributed by atoms with Gasteiger partial charge < -0.3 is 18.6 Å². The first kappa shape index (κ1) is 26.4. The van der Waals surface area contributed by atoms with E-state index in [1.54, 1.807) is 14.0 Å². The Morgan fingerprint density at radius 1 is 1.17 bits per heavy atom. The van der Waals surface area contributed by atoms with E-state index >= 15 is 0 Å². The van der Waals surface area contributed by atoms with Gasteiger partial charge in [0, 0.05) is 6.08 Å². The molecule has 0 fully saturated rings. The van der Waals surface area contributed by atoms with Gasteiger partial charge in [-0.3, -0.25) is 0 Å². The van der Waals surface area contributed by atoms with E-state index < -0.39 is 8.32 Å². The Kier molecular flexibility index (Phi) is 10.8. The molecule has 0 spiro atoms. The van der Waals surface area contributed by atoms with E-state index in [4.69, 9.17) is 18.6 Å². The molecular weight excluding hydrogens is 396 g/mol. The highest BCUT2D eigenvalue weighted by Crippen LogP contribution is 2.38. The van der Waals surface area contributed by atoms with E-state index in [2.05, 4.69) is 40.8 Å². The quantitative estimate of drug-likeness (QED) is 0.232. The molecule has 30 heavy (non-hydrogen) atoms. The highest BCUT2D eigenvalue weighted by Gasteiger charge is 2.39. The first-order chi connectivity index (χ1) is 14.0. The molecule has 0 amide bonds. The lowest BCUT2D eigenvalue weighted by molar-refractivity contribution is -0.137. The molecule has 0 radical (unpaired) electrons. The highest BCUT2D eigenvalue weighted by molar-refractivity contribution is 6.74. The smallest absolute Gasteiger partial charge is 0.330 e. The highest BCUT2D eigenvalue weighted by atomic mass is 28.4.